The molecule has 0 aliphatic rings. The Hall–Kier alpha value is -1.85. The van der Waals surface area contributed by atoms with Gasteiger partial charge in [0.1, 0.15) is 12.1 Å². The van der Waals surface area contributed by atoms with E-state index in [1.54, 1.807) is 10.6 Å². The van der Waals surface area contributed by atoms with Gasteiger partial charge < -0.3 is 4.90 Å². The van der Waals surface area contributed by atoms with Crippen LogP contribution in [0.1, 0.15) is 24.2 Å². The Bertz CT molecular complexity index is 830. The zero-order valence-electron chi connectivity index (χ0n) is 12.5. The lowest BCUT2D eigenvalue weighted by molar-refractivity contribution is 0.709. The summed E-state index contributed by atoms with van der Waals surface area (Å²) in [5, 5.41) is 5.51. The van der Waals surface area contributed by atoms with Crippen molar-refractivity contribution in [3.8, 4) is 0 Å². The van der Waals surface area contributed by atoms with E-state index in [2.05, 4.69) is 26.9 Å². The Labute approximate surface area is 138 Å². The van der Waals surface area contributed by atoms with E-state index in [1.165, 1.54) is 6.33 Å². The molecule has 5 nitrogen and oxygen atoms in total. The standard InChI is InChI=1S/C15H15Cl2N5/c1-9-6-14(22-15(20-9)18-8-19-22)21(3)10(2)12-5-4-11(16)7-13(12)17/h4-8,10H,1-3H3/t10-/m1/s1. The molecule has 0 unspecified atom stereocenters. The molecule has 2 aromatic heterocycles. The zero-order valence-corrected chi connectivity index (χ0v) is 14.0. The van der Waals surface area contributed by atoms with Crippen LogP contribution in [0.2, 0.25) is 10.0 Å². The van der Waals surface area contributed by atoms with E-state index in [-0.39, 0.29) is 6.04 Å². The Kier molecular flexibility index (Phi) is 3.93. The molecule has 0 fully saturated rings. The van der Waals surface area contributed by atoms with Crippen LogP contribution in [0.5, 0.6) is 0 Å². The van der Waals surface area contributed by atoms with Crippen molar-refractivity contribution in [2.24, 2.45) is 0 Å². The summed E-state index contributed by atoms with van der Waals surface area (Å²) in [7, 11) is 1.99. The van der Waals surface area contributed by atoms with E-state index < -0.39 is 0 Å². The molecule has 114 valence electrons. The minimum atomic E-state index is 0.0407. The molecule has 22 heavy (non-hydrogen) atoms. The summed E-state index contributed by atoms with van der Waals surface area (Å²) in [5.74, 6) is 1.48. The van der Waals surface area contributed by atoms with Gasteiger partial charge in [0.15, 0.2) is 0 Å². The predicted octanol–water partition coefficient (Wildman–Crippen LogP) is 3.94. The van der Waals surface area contributed by atoms with Crippen LogP contribution in [0.4, 0.5) is 5.82 Å². The SMILES string of the molecule is Cc1cc(N(C)[C@H](C)c2ccc(Cl)cc2Cl)n2ncnc2n1. The van der Waals surface area contributed by atoms with Crippen LogP contribution < -0.4 is 4.90 Å². The molecule has 1 aromatic carbocycles. The summed E-state index contributed by atoms with van der Waals surface area (Å²) in [6, 6.07) is 7.56. The Balaban J connectivity index is 2.04. The normalized spacial score (nSPS) is 12.6. The number of hydrogen-bond donors (Lipinski definition) is 0. The second-order valence-corrected chi connectivity index (χ2v) is 6.02. The second kappa shape index (κ2) is 5.74. The molecule has 0 N–H and O–H groups in total. The Morgan fingerprint density at radius 2 is 2.00 bits per heavy atom. The van der Waals surface area contributed by atoms with Gasteiger partial charge in [-0.25, -0.2) is 4.98 Å². The number of aromatic nitrogens is 4. The number of nitrogens with zero attached hydrogens (tertiary/aromatic N) is 5. The topological polar surface area (TPSA) is 46.3 Å². The highest BCUT2D eigenvalue weighted by molar-refractivity contribution is 6.35. The number of halogens is 2. The number of aryl methyl sites for hydroxylation is 1. The van der Waals surface area contributed by atoms with Gasteiger partial charge in [-0.3, -0.25) is 0 Å². The zero-order chi connectivity index (χ0) is 15.9. The maximum absolute atomic E-state index is 6.33. The summed E-state index contributed by atoms with van der Waals surface area (Å²) in [4.78, 5) is 10.6. The maximum atomic E-state index is 6.33. The van der Waals surface area contributed by atoms with Gasteiger partial charge >= 0.3 is 0 Å². The molecule has 3 aromatic rings. The summed E-state index contributed by atoms with van der Waals surface area (Å²) in [6.45, 7) is 4.01. The molecular formula is C15H15Cl2N5. The quantitative estimate of drug-likeness (QED) is 0.727. The van der Waals surface area contributed by atoms with Crippen LogP contribution >= 0.6 is 23.2 Å². The fraction of sp³-hybridized carbons (Fsp3) is 0.267. The third kappa shape index (κ3) is 2.62. The van der Waals surface area contributed by atoms with Crippen molar-refractivity contribution in [2.75, 3.05) is 11.9 Å². The van der Waals surface area contributed by atoms with Gasteiger partial charge in [0, 0.05) is 28.9 Å². The van der Waals surface area contributed by atoms with Crippen molar-refractivity contribution >= 4 is 34.8 Å². The average Bonchev–Trinajstić information content (AvgIpc) is 2.93. The first-order valence-electron chi connectivity index (χ1n) is 6.82. The lowest BCUT2D eigenvalue weighted by Crippen LogP contribution is -2.24. The molecule has 7 heteroatoms. The molecule has 2 heterocycles. The van der Waals surface area contributed by atoms with Gasteiger partial charge in [-0.05, 0) is 31.5 Å². The van der Waals surface area contributed by atoms with Crippen molar-refractivity contribution in [3.05, 3.63) is 51.9 Å². The third-order valence-electron chi connectivity index (χ3n) is 3.72. The number of fused-ring (bicyclic) bond motifs is 1. The van der Waals surface area contributed by atoms with Gasteiger partial charge in [0.2, 0.25) is 0 Å². The van der Waals surface area contributed by atoms with E-state index in [4.69, 9.17) is 23.2 Å². The number of benzene rings is 1. The molecule has 0 spiro atoms. The highest BCUT2D eigenvalue weighted by atomic mass is 35.5. The van der Waals surface area contributed by atoms with E-state index >= 15 is 0 Å². The molecular weight excluding hydrogens is 321 g/mol. The monoisotopic (exact) mass is 335 g/mol. The van der Waals surface area contributed by atoms with Gasteiger partial charge in [0.25, 0.3) is 5.78 Å². The van der Waals surface area contributed by atoms with Crippen LogP contribution in [0.3, 0.4) is 0 Å². The fourth-order valence-corrected chi connectivity index (χ4v) is 2.98. The van der Waals surface area contributed by atoms with Crippen molar-refractivity contribution in [3.63, 3.8) is 0 Å². The third-order valence-corrected chi connectivity index (χ3v) is 4.28. The molecule has 0 saturated carbocycles. The van der Waals surface area contributed by atoms with E-state index in [0.717, 1.165) is 17.1 Å². The molecule has 1 atom stereocenters. The molecule has 0 radical (unpaired) electrons. The van der Waals surface area contributed by atoms with E-state index in [0.29, 0.717) is 15.8 Å². The van der Waals surface area contributed by atoms with Gasteiger partial charge in [-0.15, -0.1) is 0 Å². The molecule has 0 bridgehead atoms. The van der Waals surface area contributed by atoms with Crippen LogP contribution in [0.15, 0.2) is 30.6 Å². The van der Waals surface area contributed by atoms with Crippen LogP contribution in [-0.2, 0) is 0 Å². The highest BCUT2D eigenvalue weighted by Gasteiger charge is 2.19. The first kappa shape index (κ1) is 15.1. The lowest BCUT2D eigenvalue weighted by Gasteiger charge is -2.28. The Morgan fingerprint density at radius 3 is 2.73 bits per heavy atom. The summed E-state index contributed by atoms with van der Waals surface area (Å²) < 4.78 is 1.72. The van der Waals surface area contributed by atoms with Crippen molar-refractivity contribution in [2.45, 2.75) is 19.9 Å². The molecule has 0 aliphatic heterocycles. The van der Waals surface area contributed by atoms with Crippen molar-refractivity contribution < 1.29 is 0 Å². The van der Waals surface area contributed by atoms with Crippen molar-refractivity contribution in [1.82, 2.24) is 19.6 Å². The highest BCUT2D eigenvalue weighted by Crippen LogP contribution is 2.31. The maximum Gasteiger partial charge on any atom is 0.254 e. The predicted molar refractivity (Wildman–Crippen MR) is 88.8 cm³/mol. The van der Waals surface area contributed by atoms with Crippen LogP contribution in [0, 0.1) is 6.92 Å². The lowest BCUT2D eigenvalue weighted by atomic mass is 10.1. The van der Waals surface area contributed by atoms with Gasteiger partial charge in [-0.1, -0.05) is 29.3 Å². The Morgan fingerprint density at radius 1 is 1.23 bits per heavy atom. The average molecular weight is 336 g/mol. The summed E-state index contributed by atoms with van der Waals surface area (Å²) >= 11 is 12.3. The molecule has 3 rings (SSSR count). The van der Waals surface area contributed by atoms with Crippen molar-refractivity contribution in [1.29, 1.82) is 0 Å². The van der Waals surface area contributed by atoms with E-state index in [9.17, 15) is 0 Å². The number of rotatable bonds is 3. The first-order valence-corrected chi connectivity index (χ1v) is 7.58. The minimum absolute atomic E-state index is 0.0407. The minimum Gasteiger partial charge on any atom is -0.353 e. The van der Waals surface area contributed by atoms with E-state index in [1.807, 2.05) is 32.2 Å². The van der Waals surface area contributed by atoms with Crippen LogP contribution in [-0.4, -0.2) is 26.6 Å². The van der Waals surface area contributed by atoms with Crippen LogP contribution in [0.25, 0.3) is 5.78 Å². The summed E-state index contributed by atoms with van der Waals surface area (Å²) in [6.07, 6.45) is 1.50. The second-order valence-electron chi connectivity index (χ2n) is 5.18. The van der Waals surface area contributed by atoms with Gasteiger partial charge in [0.05, 0.1) is 6.04 Å². The smallest absolute Gasteiger partial charge is 0.254 e. The number of anilines is 1. The largest absolute Gasteiger partial charge is 0.353 e. The summed E-state index contributed by atoms with van der Waals surface area (Å²) in [5.41, 5.74) is 1.88. The molecule has 0 saturated heterocycles. The molecule has 0 amide bonds. The van der Waals surface area contributed by atoms with Gasteiger partial charge in [-0.2, -0.15) is 14.6 Å². The fourth-order valence-electron chi connectivity index (χ4n) is 2.41. The first-order chi connectivity index (χ1) is 10.5. The number of hydrogen-bond acceptors (Lipinski definition) is 4. The molecule has 0 aliphatic carbocycles.